The number of esters is 1. The first-order valence-electron chi connectivity index (χ1n) is 34.9. The molecule has 102 heavy (non-hydrogen) atoms. The molecule has 2 saturated carbocycles. The van der Waals surface area contributed by atoms with Crippen molar-refractivity contribution in [1.82, 2.24) is 0 Å². The zero-order valence-electron chi connectivity index (χ0n) is 56.3. The molecule has 16 rings (SSSR count). The van der Waals surface area contributed by atoms with Crippen molar-refractivity contribution < 1.29 is 133 Å². The van der Waals surface area contributed by atoms with Gasteiger partial charge in [-0.15, -0.1) is 0 Å². The maximum atomic E-state index is 12.0. The summed E-state index contributed by atoms with van der Waals surface area (Å²) in [7, 11) is 0. The molecule has 20 atom stereocenters. The highest BCUT2D eigenvalue weighted by atomic mass is 16.7. The topological polar surface area (TPSA) is 312 Å². The van der Waals surface area contributed by atoms with Gasteiger partial charge in [0.25, 0.3) is 0 Å². The fraction of sp³-hybridized carbons (Fsp3) is 0.986. The van der Waals surface area contributed by atoms with Crippen LogP contribution in [0.1, 0.15) is 126 Å². The van der Waals surface area contributed by atoms with Crippen molar-refractivity contribution in [3.63, 3.8) is 0 Å². The quantitative estimate of drug-likeness (QED) is 0.0248. The van der Waals surface area contributed by atoms with E-state index >= 15 is 0 Å². The third-order valence-corrected chi connectivity index (χ3v) is 16.5. The Kier molecular flexibility index (Phi) is 50.4. The van der Waals surface area contributed by atoms with Gasteiger partial charge >= 0.3 is 5.97 Å². The molecule has 2 aliphatic carbocycles. The SMILES string of the molecule is C.C.C.C.C.C.C.C.C(COCC1CO1)OCC1CO1.C(COCC1CO1)OCC1CO1.C(OCC1CO1)OCC1CO1.CC(C)(COCC1CO1)COCC1CO1.CC(COCC1CO1)OCC1CO1.CC(COCC1CO1)OCC1CO1.O=C(OCC1CCC2OC2C1)C1CCC2OC2C1. The molecular weight excluding hydrogens is 1340 g/mol. The normalized spacial score (nSPS) is 32.5. The van der Waals surface area contributed by atoms with E-state index in [1.807, 2.05) is 13.8 Å². The summed E-state index contributed by atoms with van der Waals surface area (Å²) < 4.78 is 141. The van der Waals surface area contributed by atoms with E-state index < -0.39 is 0 Å². The smallest absolute Gasteiger partial charge is 0.309 e. The molecule has 16 fully saturated rings. The summed E-state index contributed by atoms with van der Waals surface area (Å²) in [5, 5.41) is 0. The first kappa shape index (κ1) is 96.5. The zero-order chi connectivity index (χ0) is 65.0. The summed E-state index contributed by atoms with van der Waals surface area (Å²) in [5.74, 6) is 0.608. The van der Waals surface area contributed by atoms with Crippen molar-refractivity contribution in [3.8, 4) is 0 Å². The van der Waals surface area contributed by atoms with Crippen LogP contribution in [0.25, 0.3) is 0 Å². The lowest BCUT2D eigenvalue weighted by Gasteiger charge is -2.23. The van der Waals surface area contributed by atoms with Gasteiger partial charge < -0.3 is 128 Å². The van der Waals surface area contributed by atoms with Crippen LogP contribution in [0.5, 0.6) is 0 Å². The predicted octanol–water partition coefficient (Wildman–Crippen LogP) is 7.42. The van der Waals surface area contributed by atoms with Gasteiger partial charge in [-0.2, -0.15) is 0 Å². The average molecular weight is 1480 g/mol. The van der Waals surface area contributed by atoms with Crippen molar-refractivity contribution in [3.05, 3.63) is 0 Å². The molecule has 28 heteroatoms. The van der Waals surface area contributed by atoms with E-state index in [2.05, 4.69) is 13.8 Å². The second kappa shape index (κ2) is 53.3. The molecule has 14 heterocycles. The van der Waals surface area contributed by atoms with Crippen LogP contribution in [0.4, 0.5) is 0 Å². The molecule has 608 valence electrons. The molecule has 20 unspecified atom stereocenters. The third-order valence-electron chi connectivity index (χ3n) is 16.5. The van der Waals surface area contributed by atoms with Crippen molar-refractivity contribution in [2.45, 2.75) is 236 Å². The molecule has 28 nitrogen and oxygen atoms in total. The van der Waals surface area contributed by atoms with Gasteiger partial charge in [-0.05, 0) is 58.3 Å². The van der Waals surface area contributed by atoms with E-state index in [0.717, 1.165) is 144 Å². The Labute approximate surface area is 614 Å². The van der Waals surface area contributed by atoms with Gasteiger partial charge in [-0.1, -0.05) is 73.3 Å². The Bertz CT molecular complexity index is 1880. The molecule has 0 aromatic rings. The van der Waals surface area contributed by atoms with Gasteiger partial charge in [-0.3, -0.25) is 4.79 Å². The minimum absolute atomic E-state index is 0. The van der Waals surface area contributed by atoms with E-state index in [-0.39, 0.29) is 88.9 Å². The van der Waals surface area contributed by atoms with E-state index in [4.69, 9.17) is 128 Å². The van der Waals surface area contributed by atoms with Crippen LogP contribution in [0.15, 0.2) is 0 Å². The number of hydrogen-bond donors (Lipinski definition) is 0. The van der Waals surface area contributed by atoms with Crippen molar-refractivity contribution in [1.29, 1.82) is 0 Å². The number of carbonyl (C=O) groups excluding carboxylic acids is 1. The number of rotatable bonds is 45. The lowest BCUT2D eigenvalue weighted by Crippen LogP contribution is -2.27. The highest BCUT2D eigenvalue weighted by Gasteiger charge is 2.47. The van der Waals surface area contributed by atoms with E-state index in [1.165, 1.54) is 0 Å². The monoisotopic (exact) mass is 1480 g/mol. The minimum Gasteiger partial charge on any atom is -0.465 e. The second-order valence-electron chi connectivity index (χ2n) is 27.4. The number of ether oxygens (including phenoxy) is 27. The molecule has 0 amide bonds. The zero-order valence-corrected chi connectivity index (χ0v) is 56.3. The van der Waals surface area contributed by atoms with Gasteiger partial charge in [-0.25, -0.2) is 0 Å². The Morgan fingerprint density at radius 3 is 0.912 bits per heavy atom. The Balaban J connectivity index is 0.000000401. The Morgan fingerprint density at radius 2 is 0.608 bits per heavy atom. The van der Waals surface area contributed by atoms with Crippen LogP contribution >= 0.6 is 0 Å². The van der Waals surface area contributed by atoms with Crippen LogP contribution < -0.4 is 0 Å². The maximum absolute atomic E-state index is 12.0. The molecular formula is C74H144O28. The van der Waals surface area contributed by atoms with Crippen molar-refractivity contribution in [2.24, 2.45) is 17.3 Å². The van der Waals surface area contributed by atoms with E-state index in [9.17, 15) is 4.79 Å². The molecule has 0 spiro atoms. The highest BCUT2D eigenvalue weighted by Crippen LogP contribution is 2.41. The second-order valence-corrected chi connectivity index (χ2v) is 27.4. The van der Waals surface area contributed by atoms with Crippen LogP contribution in [0, 0.1) is 17.3 Å². The van der Waals surface area contributed by atoms with Gasteiger partial charge in [0, 0.05) is 5.41 Å². The highest BCUT2D eigenvalue weighted by molar-refractivity contribution is 5.72. The first-order chi connectivity index (χ1) is 46.0. The van der Waals surface area contributed by atoms with E-state index in [1.54, 1.807) is 0 Å². The molecule has 0 bridgehead atoms. The summed E-state index contributed by atoms with van der Waals surface area (Å²) >= 11 is 0. The summed E-state index contributed by atoms with van der Waals surface area (Å²) in [6.45, 7) is 33.3. The third kappa shape index (κ3) is 50.9. The fourth-order valence-corrected chi connectivity index (χ4v) is 9.40. The van der Waals surface area contributed by atoms with Crippen LogP contribution in [0.2, 0.25) is 0 Å². The van der Waals surface area contributed by atoms with E-state index in [0.29, 0.717) is 223 Å². The minimum atomic E-state index is 0. The summed E-state index contributed by atoms with van der Waals surface area (Å²) in [5.41, 5.74) is 0.0732. The molecule has 0 aromatic carbocycles. The summed E-state index contributed by atoms with van der Waals surface area (Å²) in [6.07, 6.45) is 12.5. The largest absolute Gasteiger partial charge is 0.465 e. The van der Waals surface area contributed by atoms with Crippen LogP contribution in [-0.2, 0) is 133 Å². The predicted molar refractivity (Wildman–Crippen MR) is 382 cm³/mol. The fourth-order valence-electron chi connectivity index (χ4n) is 9.40. The molecule has 16 aliphatic rings. The van der Waals surface area contributed by atoms with Crippen molar-refractivity contribution >= 4 is 5.97 Å². The van der Waals surface area contributed by atoms with Gasteiger partial charge in [0.2, 0.25) is 0 Å². The summed E-state index contributed by atoms with van der Waals surface area (Å²) in [4.78, 5) is 12.0. The molecule has 0 aromatic heterocycles. The number of hydrogen-bond acceptors (Lipinski definition) is 28. The number of epoxide rings is 14. The number of fused-ring (bicyclic) bond motifs is 2. The van der Waals surface area contributed by atoms with Gasteiger partial charge in [0.05, 0.1) is 261 Å². The molecule has 14 aliphatic heterocycles. The summed E-state index contributed by atoms with van der Waals surface area (Å²) in [6, 6.07) is 0. The van der Waals surface area contributed by atoms with Crippen LogP contribution in [0.3, 0.4) is 0 Å². The molecule has 0 radical (unpaired) electrons. The molecule has 14 saturated heterocycles. The van der Waals surface area contributed by atoms with Gasteiger partial charge in [0.1, 0.15) is 80.0 Å². The number of carbonyl (C=O) groups is 1. The Hall–Kier alpha value is -1.57. The standard InChI is InChI=1S/C14H20O4.C11H20O4.2C9H16O4.2C8H14O4.C7H12O4.8CH4/c15-14(9-2-4-11-13(6-9)18-11)16-7-8-1-3-10-12(5-8)17-10;1-11(2,7-12-3-9-5-14-9)8-13-4-10-6-15-10;2*1-7(11-4-9-6-13-9)2-10-3-8-5-12-8;2*1(9-3-7-5-11-7)2-10-4-8-6-12-8;1(6-3-10-6)8-5-9-2-7-4-11-7;;;;;;;;/h8-13H,1-7H2;9-10H,3-8H2,1-2H3;2*7-9H,2-6H2,1H3;2*7-8H,1-6H2;6-7H,1-5H2;8*1H4. The lowest BCUT2D eigenvalue weighted by atomic mass is 9.89. The molecule has 0 N–H and O–H groups in total. The van der Waals surface area contributed by atoms with Crippen molar-refractivity contribution in [2.75, 3.05) is 225 Å². The Morgan fingerprint density at radius 1 is 0.333 bits per heavy atom. The maximum Gasteiger partial charge on any atom is 0.309 e. The average Bonchev–Trinajstić information content (AvgIpc) is 1.66. The van der Waals surface area contributed by atoms with Crippen LogP contribution in [-0.4, -0.2) is 341 Å². The lowest BCUT2D eigenvalue weighted by molar-refractivity contribution is -0.151. The van der Waals surface area contributed by atoms with Gasteiger partial charge in [0.15, 0.2) is 0 Å². The first-order valence-corrected chi connectivity index (χ1v) is 34.9.